The minimum absolute atomic E-state index is 0.0282. The molecule has 0 aliphatic heterocycles. The second-order valence-electron chi connectivity index (χ2n) is 8.48. The topological polar surface area (TPSA) is 105 Å². The number of para-hydroxylation sites is 2. The lowest BCUT2D eigenvalue weighted by Crippen LogP contribution is -2.45. The van der Waals surface area contributed by atoms with Crippen molar-refractivity contribution in [2.24, 2.45) is 0 Å². The molecule has 2 amide bonds. The summed E-state index contributed by atoms with van der Waals surface area (Å²) in [7, 11) is 0. The second-order valence-corrected chi connectivity index (χ2v) is 9.32. The first-order valence-electron chi connectivity index (χ1n) is 10.4. The zero-order chi connectivity index (χ0) is 24.2. The standard InChI is InChI=1S/C23H26Cl2N4O4/c1-23(2,3)33-22(32)29-19-7-5-4-6-18(19)28-20(29)12-26-21(31)27-16(13-30)10-14-8-9-15(24)11-17(14)25/h4-9,11,16,30H,10,12-13H2,1-3H3,(H2,26,27,31)/t16-/m0/s1. The van der Waals surface area contributed by atoms with Gasteiger partial charge in [0.1, 0.15) is 11.4 Å². The Morgan fingerprint density at radius 1 is 1.18 bits per heavy atom. The average molecular weight is 493 g/mol. The van der Waals surface area contributed by atoms with E-state index in [-0.39, 0.29) is 13.2 Å². The van der Waals surface area contributed by atoms with E-state index in [0.29, 0.717) is 33.3 Å². The number of aromatic nitrogens is 2. The molecule has 0 saturated carbocycles. The van der Waals surface area contributed by atoms with E-state index in [1.54, 1.807) is 57.2 Å². The average Bonchev–Trinajstić information content (AvgIpc) is 3.11. The fraction of sp³-hybridized carbons (Fsp3) is 0.348. The first-order chi connectivity index (χ1) is 15.6. The maximum absolute atomic E-state index is 12.8. The van der Waals surface area contributed by atoms with Crippen LogP contribution < -0.4 is 10.6 Å². The van der Waals surface area contributed by atoms with Gasteiger partial charge in [-0.25, -0.2) is 19.1 Å². The van der Waals surface area contributed by atoms with E-state index < -0.39 is 23.8 Å². The summed E-state index contributed by atoms with van der Waals surface area (Å²) in [6.45, 7) is 5.01. The predicted octanol–water partition coefficient (Wildman–Crippen LogP) is 4.53. The highest BCUT2D eigenvalue weighted by Crippen LogP contribution is 2.22. The molecule has 3 aromatic rings. The Bertz CT molecular complexity index is 1160. The van der Waals surface area contributed by atoms with Gasteiger partial charge in [-0.15, -0.1) is 0 Å². The number of halogens is 2. The number of aliphatic hydroxyl groups excluding tert-OH is 1. The number of carbonyl (C=O) groups excluding carboxylic acids is 2. The molecule has 2 aromatic carbocycles. The molecule has 0 radical (unpaired) electrons. The summed E-state index contributed by atoms with van der Waals surface area (Å²) in [5, 5.41) is 16.0. The zero-order valence-corrected chi connectivity index (χ0v) is 20.1. The molecular weight excluding hydrogens is 467 g/mol. The van der Waals surface area contributed by atoms with E-state index >= 15 is 0 Å². The summed E-state index contributed by atoms with van der Waals surface area (Å²) >= 11 is 12.1. The van der Waals surface area contributed by atoms with Crippen LogP contribution in [0.25, 0.3) is 11.0 Å². The lowest BCUT2D eigenvalue weighted by molar-refractivity contribution is 0.0538. The predicted molar refractivity (Wildman–Crippen MR) is 128 cm³/mol. The van der Waals surface area contributed by atoms with E-state index in [1.807, 2.05) is 6.07 Å². The van der Waals surface area contributed by atoms with Crippen molar-refractivity contribution in [1.29, 1.82) is 0 Å². The van der Waals surface area contributed by atoms with Crippen LogP contribution in [0.1, 0.15) is 32.2 Å². The molecule has 176 valence electrons. The quantitative estimate of drug-likeness (QED) is 0.468. The third kappa shape index (κ3) is 6.60. The van der Waals surface area contributed by atoms with Crippen LogP contribution in [-0.2, 0) is 17.7 Å². The number of hydrogen-bond acceptors (Lipinski definition) is 5. The highest BCUT2D eigenvalue weighted by atomic mass is 35.5. The SMILES string of the molecule is CC(C)(C)OC(=O)n1c(CNC(=O)N[C@H](CO)Cc2ccc(Cl)cc2Cl)nc2ccccc21. The Balaban J connectivity index is 1.70. The van der Waals surface area contributed by atoms with Crippen molar-refractivity contribution in [1.82, 2.24) is 20.2 Å². The molecule has 0 aliphatic rings. The largest absolute Gasteiger partial charge is 0.443 e. The third-order valence-corrected chi connectivity index (χ3v) is 5.24. The van der Waals surface area contributed by atoms with Gasteiger partial charge in [-0.05, 0) is 57.0 Å². The van der Waals surface area contributed by atoms with Crippen molar-refractivity contribution in [3.8, 4) is 0 Å². The van der Waals surface area contributed by atoms with Crippen LogP contribution in [0.2, 0.25) is 10.0 Å². The van der Waals surface area contributed by atoms with Crippen LogP contribution in [0.5, 0.6) is 0 Å². The number of amides is 2. The van der Waals surface area contributed by atoms with E-state index in [9.17, 15) is 14.7 Å². The number of nitrogens with one attached hydrogen (secondary N) is 2. The lowest BCUT2D eigenvalue weighted by Gasteiger charge is -2.21. The summed E-state index contributed by atoms with van der Waals surface area (Å²) in [5.41, 5.74) is 1.23. The smallest absolute Gasteiger partial charge is 0.420 e. The Labute approximate surface area is 201 Å². The van der Waals surface area contributed by atoms with Crippen LogP contribution in [0, 0.1) is 0 Å². The summed E-state index contributed by atoms with van der Waals surface area (Å²) < 4.78 is 6.85. The number of nitrogens with zero attached hydrogens (tertiary/aromatic N) is 2. The minimum Gasteiger partial charge on any atom is -0.443 e. The second kappa shape index (κ2) is 10.4. The number of imidazole rings is 1. The zero-order valence-electron chi connectivity index (χ0n) is 18.6. The maximum Gasteiger partial charge on any atom is 0.420 e. The number of hydrogen-bond donors (Lipinski definition) is 3. The number of fused-ring (bicyclic) bond motifs is 1. The van der Waals surface area contributed by atoms with Gasteiger partial charge in [0.2, 0.25) is 0 Å². The normalized spacial score (nSPS) is 12.4. The molecule has 0 aliphatic carbocycles. The molecule has 1 aromatic heterocycles. The molecule has 3 N–H and O–H groups in total. The number of rotatable bonds is 6. The van der Waals surface area contributed by atoms with E-state index in [2.05, 4.69) is 15.6 Å². The summed E-state index contributed by atoms with van der Waals surface area (Å²) in [6.07, 6.45) is -0.268. The fourth-order valence-corrected chi connectivity index (χ4v) is 3.70. The molecule has 1 heterocycles. The van der Waals surface area contributed by atoms with Gasteiger partial charge in [0.05, 0.1) is 30.2 Å². The van der Waals surface area contributed by atoms with Crippen LogP contribution in [0.15, 0.2) is 42.5 Å². The van der Waals surface area contributed by atoms with Gasteiger partial charge in [-0.3, -0.25) is 0 Å². The number of urea groups is 1. The molecule has 33 heavy (non-hydrogen) atoms. The van der Waals surface area contributed by atoms with Crippen molar-refractivity contribution < 1.29 is 19.4 Å². The first kappa shape index (κ1) is 24.8. The molecule has 0 spiro atoms. The Hall–Kier alpha value is -2.81. The van der Waals surface area contributed by atoms with Crippen LogP contribution >= 0.6 is 23.2 Å². The van der Waals surface area contributed by atoms with E-state index in [0.717, 1.165) is 5.56 Å². The molecule has 1 atom stereocenters. The number of ether oxygens (including phenoxy) is 1. The molecule has 10 heteroatoms. The van der Waals surface area contributed by atoms with E-state index in [4.69, 9.17) is 27.9 Å². The van der Waals surface area contributed by atoms with Gasteiger partial charge in [-0.2, -0.15) is 0 Å². The van der Waals surface area contributed by atoms with Gasteiger partial charge in [0, 0.05) is 10.0 Å². The molecule has 0 saturated heterocycles. The highest BCUT2D eigenvalue weighted by Gasteiger charge is 2.23. The summed E-state index contributed by atoms with van der Waals surface area (Å²) in [5.74, 6) is 0.321. The minimum atomic E-state index is -0.693. The van der Waals surface area contributed by atoms with Crippen molar-refractivity contribution in [3.63, 3.8) is 0 Å². The molecule has 0 fully saturated rings. The number of aliphatic hydroxyl groups is 1. The van der Waals surface area contributed by atoms with Crippen molar-refractivity contribution in [3.05, 3.63) is 63.9 Å². The Morgan fingerprint density at radius 3 is 2.58 bits per heavy atom. The van der Waals surface area contributed by atoms with Gasteiger partial charge >= 0.3 is 12.1 Å². The summed E-state index contributed by atoms with van der Waals surface area (Å²) in [4.78, 5) is 29.8. The van der Waals surface area contributed by atoms with Crippen molar-refractivity contribution in [2.75, 3.05) is 6.61 Å². The monoisotopic (exact) mass is 492 g/mol. The Kier molecular flexibility index (Phi) is 7.84. The van der Waals surface area contributed by atoms with Crippen molar-refractivity contribution >= 4 is 46.4 Å². The number of benzene rings is 2. The fourth-order valence-electron chi connectivity index (χ4n) is 3.22. The molecule has 0 unspecified atom stereocenters. The molecule has 3 rings (SSSR count). The maximum atomic E-state index is 12.8. The van der Waals surface area contributed by atoms with Crippen molar-refractivity contribution in [2.45, 2.75) is 45.4 Å². The van der Waals surface area contributed by atoms with Gasteiger partial charge in [0.25, 0.3) is 0 Å². The van der Waals surface area contributed by atoms with Gasteiger partial charge in [0.15, 0.2) is 0 Å². The van der Waals surface area contributed by atoms with Crippen LogP contribution in [0.3, 0.4) is 0 Å². The van der Waals surface area contributed by atoms with E-state index in [1.165, 1.54) is 4.57 Å². The van der Waals surface area contributed by atoms with Gasteiger partial charge < -0.3 is 20.5 Å². The molecule has 8 nitrogen and oxygen atoms in total. The summed E-state index contributed by atoms with van der Waals surface area (Å²) in [6, 6.07) is 11.1. The molecular formula is C23H26Cl2N4O4. The van der Waals surface area contributed by atoms with Gasteiger partial charge in [-0.1, -0.05) is 41.4 Å². The highest BCUT2D eigenvalue weighted by molar-refractivity contribution is 6.35. The number of carbonyl (C=O) groups is 2. The Morgan fingerprint density at radius 2 is 1.91 bits per heavy atom. The lowest BCUT2D eigenvalue weighted by atomic mass is 10.1. The first-order valence-corrected chi connectivity index (χ1v) is 11.1. The molecule has 0 bridgehead atoms. The third-order valence-electron chi connectivity index (χ3n) is 4.65. The van der Waals surface area contributed by atoms with Crippen LogP contribution in [-0.4, -0.2) is 45.0 Å². The van der Waals surface area contributed by atoms with Crippen LogP contribution in [0.4, 0.5) is 9.59 Å².